The topological polar surface area (TPSA) is 65.0 Å². The molecule has 31 heavy (non-hydrogen) atoms. The molecule has 1 aliphatic heterocycles. The van der Waals surface area contributed by atoms with Crippen LogP contribution in [0.15, 0.2) is 42.5 Å². The second-order valence-electron chi connectivity index (χ2n) is 8.10. The first-order chi connectivity index (χ1) is 14.9. The van der Waals surface area contributed by atoms with Crippen LogP contribution in [0.2, 0.25) is 0 Å². The Morgan fingerprint density at radius 3 is 2.68 bits per heavy atom. The molecule has 1 atom stereocenters. The fourth-order valence-corrected chi connectivity index (χ4v) is 3.90. The second kappa shape index (κ2) is 10.5. The molecular weight excluding hydrogens is 390 g/mol. The van der Waals surface area contributed by atoms with E-state index in [2.05, 4.69) is 17.1 Å². The Kier molecular flexibility index (Phi) is 7.71. The van der Waals surface area contributed by atoms with Gasteiger partial charge < -0.3 is 20.1 Å². The first-order valence-corrected chi connectivity index (χ1v) is 10.8. The number of hydrogen-bond donors (Lipinski definition) is 2. The van der Waals surface area contributed by atoms with Crippen molar-refractivity contribution in [3.8, 4) is 11.5 Å². The molecule has 2 aromatic rings. The van der Waals surface area contributed by atoms with Gasteiger partial charge in [0.15, 0.2) is 5.78 Å². The number of allylic oxidation sites excluding steroid dienone is 1. The van der Waals surface area contributed by atoms with Gasteiger partial charge >= 0.3 is 0 Å². The molecule has 0 radical (unpaired) electrons. The molecule has 0 spiro atoms. The number of carbonyl (C=O) groups is 1. The van der Waals surface area contributed by atoms with E-state index in [9.17, 15) is 9.90 Å². The SMILES string of the molecule is CCC1CNCCN1Cc1cc(C(=O)/C=C/c2ccc(N(C)C)cc2)c(O)cc1OC. The Bertz CT molecular complexity index is 922. The lowest BCUT2D eigenvalue weighted by atomic mass is 10.0. The molecule has 1 unspecified atom stereocenters. The zero-order valence-corrected chi connectivity index (χ0v) is 18.9. The highest BCUT2D eigenvalue weighted by Crippen LogP contribution is 2.31. The van der Waals surface area contributed by atoms with Crippen LogP contribution in [-0.4, -0.2) is 62.7 Å². The first kappa shape index (κ1) is 22.8. The van der Waals surface area contributed by atoms with Crippen LogP contribution in [0.3, 0.4) is 0 Å². The van der Waals surface area contributed by atoms with Crippen molar-refractivity contribution in [3.63, 3.8) is 0 Å². The Hall–Kier alpha value is -2.83. The summed E-state index contributed by atoms with van der Waals surface area (Å²) in [7, 11) is 5.56. The summed E-state index contributed by atoms with van der Waals surface area (Å²) in [6, 6.07) is 11.7. The summed E-state index contributed by atoms with van der Waals surface area (Å²) in [6.07, 6.45) is 4.33. The van der Waals surface area contributed by atoms with E-state index in [0.29, 0.717) is 23.9 Å². The maximum absolute atomic E-state index is 12.9. The molecule has 2 N–H and O–H groups in total. The van der Waals surface area contributed by atoms with Crippen LogP contribution >= 0.6 is 0 Å². The number of methoxy groups -OCH3 is 1. The average Bonchev–Trinajstić information content (AvgIpc) is 2.78. The summed E-state index contributed by atoms with van der Waals surface area (Å²) < 4.78 is 5.50. The number of aromatic hydroxyl groups is 1. The molecule has 0 saturated carbocycles. The van der Waals surface area contributed by atoms with Gasteiger partial charge in [0.25, 0.3) is 0 Å². The molecule has 1 heterocycles. The standard InChI is InChI=1S/C25H33N3O3/c1-5-20-16-26-12-13-28(20)17-19-14-22(24(30)15-25(19)31-4)23(29)11-8-18-6-9-21(10-7-18)27(2)3/h6-11,14-15,20,26,30H,5,12-13,16-17H2,1-4H3/b11-8+. The number of ketones is 1. The molecule has 0 bridgehead atoms. The van der Waals surface area contributed by atoms with Crippen molar-refractivity contribution in [2.24, 2.45) is 0 Å². The lowest BCUT2D eigenvalue weighted by Gasteiger charge is -2.36. The number of benzene rings is 2. The van der Waals surface area contributed by atoms with Gasteiger partial charge in [-0.05, 0) is 36.3 Å². The number of piperazine rings is 1. The van der Waals surface area contributed by atoms with E-state index in [1.165, 1.54) is 6.08 Å². The van der Waals surface area contributed by atoms with Gasteiger partial charge in [-0.25, -0.2) is 0 Å². The van der Waals surface area contributed by atoms with Crippen molar-refractivity contribution >= 4 is 17.5 Å². The third-order valence-corrected chi connectivity index (χ3v) is 5.82. The lowest BCUT2D eigenvalue weighted by molar-refractivity contribution is 0.104. The van der Waals surface area contributed by atoms with Gasteiger partial charge in [-0.15, -0.1) is 0 Å². The first-order valence-electron chi connectivity index (χ1n) is 10.8. The van der Waals surface area contributed by atoms with Gasteiger partial charge in [-0.3, -0.25) is 9.69 Å². The van der Waals surface area contributed by atoms with Crippen molar-refractivity contribution in [1.29, 1.82) is 0 Å². The van der Waals surface area contributed by atoms with Crippen molar-refractivity contribution in [3.05, 3.63) is 59.2 Å². The van der Waals surface area contributed by atoms with Gasteiger partial charge in [0, 0.05) is 63.6 Å². The van der Waals surface area contributed by atoms with E-state index in [1.807, 2.05) is 43.3 Å². The van der Waals surface area contributed by atoms with Crippen molar-refractivity contribution in [2.45, 2.75) is 25.9 Å². The molecule has 0 aliphatic carbocycles. The third-order valence-electron chi connectivity index (χ3n) is 5.82. The highest BCUT2D eigenvalue weighted by Gasteiger charge is 2.23. The van der Waals surface area contributed by atoms with E-state index in [1.54, 1.807) is 25.3 Å². The minimum absolute atomic E-state index is 0.0643. The number of nitrogens with one attached hydrogen (secondary N) is 1. The fraction of sp³-hybridized carbons (Fsp3) is 0.400. The van der Waals surface area contributed by atoms with E-state index in [0.717, 1.165) is 42.9 Å². The van der Waals surface area contributed by atoms with E-state index >= 15 is 0 Å². The van der Waals surface area contributed by atoms with Crippen LogP contribution in [0.1, 0.15) is 34.8 Å². The smallest absolute Gasteiger partial charge is 0.189 e. The summed E-state index contributed by atoms with van der Waals surface area (Å²) in [6.45, 7) is 5.70. The van der Waals surface area contributed by atoms with Crippen molar-refractivity contribution in [1.82, 2.24) is 10.2 Å². The molecule has 1 saturated heterocycles. The molecule has 1 fully saturated rings. The van der Waals surface area contributed by atoms with Gasteiger partial charge in [-0.1, -0.05) is 25.1 Å². The normalized spacial score (nSPS) is 17.1. The maximum Gasteiger partial charge on any atom is 0.189 e. The Labute approximate surface area is 185 Å². The van der Waals surface area contributed by atoms with E-state index in [4.69, 9.17) is 4.74 Å². The molecule has 2 aromatic carbocycles. The molecular formula is C25H33N3O3. The fourth-order valence-electron chi connectivity index (χ4n) is 3.90. The van der Waals surface area contributed by atoms with E-state index in [-0.39, 0.29) is 11.5 Å². The summed E-state index contributed by atoms with van der Waals surface area (Å²) in [5.74, 6) is 0.307. The van der Waals surface area contributed by atoms with Crippen LogP contribution in [0, 0.1) is 0 Å². The zero-order valence-electron chi connectivity index (χ0n) is 18.9. The molecule has 6 heteroatoms. The van der Waals surface area contributed by atoms with Crippen LogP contribution < -0.4 is 15.0 Å². The van der Waals surface area contributed by atoms with Crippen LogP contribution in [-0.2, 0) is 6.54 Å². The molecule has 3 rings (SSSR count). The van der Waals surface area contributed by atoms with E-state index < -0.39 is 0 Å². The quantitative estimate of drug-likeness (QED) is 0.500. The summed E-state index contributed by atoms with van der Waals surface area (Å²) in [4.78, 5) is 17.3. The number of ether oxygens (including phenoxy) is 1. The van der Waals surface area contributed by atoms with Crippen LogP contribution in [0.25, 0.3) is 6.08 Å². The minimum Gasteiger partial charge on any atom is -0.507 e. The summed E-state index contributed by atoms with van der Waals surface area (Å²) in [5.41, 5.74) is 3.23. The van der Waals surface area contributed by atoms with Crippen molar-refractivity contribution < 1.29 is 14.6 Å². The number of rotatable bonds is 8. The number of hydrogen-bond acceptors (Lipinski definition) is 6. The highest BCUT2D eigenvalue weighted by molar-refractivity contribution is 6.08. The largest absolute Gasteiger partial charge is 0.507 e. The number of nitrogens with zero attached hydrogens (tertiary/aromatic N) is 2. The average molecular weight is 424 g/mol. The maximum atomic E-state index is 12.9. The monoisotopic (exact) mass is 423 g/mol. The lowest BCUT2D eigenvalue weighted by Crippen LogP contribution is -2.50. The van der Waals surface area contributed by atoms with Gasteiger partial charge in [-0.2, -0.15) is 0 Å². The Balaban J connectivity index is 1.81. The summed E-state index contributed by atoms with van der Waals surface area (Å²) in [5, 5.41) is 13.9. The van der Waals surface area contributed by atoms with Crippen LogP contribution in [0.5, 0.6) is 11.5 Å². The molecule has 6 nitrogen and oxygen atoms in total. The third kappa shape index (κ3) is 5.66. The minimum atomic E-state index is -0.231. The van der Waals surface area contributed by atoms with Gasteiger partial charge in [0.05, 0.1) is 12.7 Å². The second-order valence-corrected chi connectivity index (χ2v) is 8.10. The van der Waals surface area contributed by atoms with Gasteiger partial charge in [0.1, 0.15) is 11.5 Å². The number of phenols is 1. The number of carbonyl (C=O) groups excluding carboxylic acids is 1. The Morgan fingerprint density at radius 2 is 2.03 bits per heavy atom. The molecule has 1 aliphatic rings. The number of phenolic OH excluding ortho intramolecular Hbond substituents is 1. The molecule has 0 amide bonds. The predicted octanol–water partition coefficient (Wildman–Crippen LogP) is 3.55. The molecule has 0 aromatic heterocycles. The predicted molar refractivity (Wildman–Crippen MR) is 126 cm³/mol. The highest BCUT2D eigenvalue weighted by atomic mass is 16.5. The Morgan fingerprint density at radius 1 is 1.29 bits per heavy atom. The van der Waals surface area contributed by atoms with Crippen molar-refractivity contribution in [2.75, 3.05) is 45.7 Å². The summed E-state index contributed by atoms with van der Waals surface area (Å²) >= 11 is 0. The van der Waals surface area contributed by atoms with Crippen LogP contribution in [0.4, 0.5) is 5.69 Å². The van der Waals surface area contributed by atoms with Gasteiger partial charge in [0.2, 0.25) is 0 Å². The molecule has 166 valence electrons. The zero-order chi connectivity index (χ0) is 22.4. The number of anilines is 1.